The molecule has 0 spiro atoms. The lowest BCUT2D eigenvalue weighted by molar-refractivity contribution is 0.176. The molecule has 0 amide bonds. The minimum absolute atomic E-state index is 0.488. The van der Waals surface area contributed by atoms with Gasteiger partial charge in [-0.3, -0.25) is 0 Å². The Morgan fingerprint density at radius 3 is 2.65 bits per heavy atom. The minimum Gasteiger partial charge on any atom is -0.310 e. The van der Waals surface area contributed by atoms with Gasteiger partial charge in [-0.1, -0.05) is 57.2 Å². The normalized spacial score (nSPS) is 24.6. The Labute approximate surface area is 129 Å². The van der Waals surface area contributed by atoms with Gasteiger partial charge in [0.2, 0.25) is 0 Å². The molecule has 0 saturated heterocycles. The van der Waals surface area contributed by atoms with Crippen LogP contribution in [0.1, 0.15) is 63.1 Å². The molecule has 1 aromatic carbocycles. The monoisotopic (exact) mass is 293 g/mol. The molecule has 3 unspecified atom stereocenters. The van der Waals surface area contributed by atoms with E-state index in [2.05, 4.69) is 38.2 Å². The second-order valence-electron chi connectivity index (χ2n) is 6.15. The fourth-order valence-electron chi connectivity index (χ4n) is 3.88. The molecule has 20 heavy (non-hydrogen) atoms. The van der Waals surface area contributed by atoms with Crippen LogP contribution in [0.5, 0.6) is 0 Å². The summed E-state index contributed by atoms with van der Waals surface area (Å²) in [5, 5.41) is 4.59. The van der Waals surface area contributed by atoms with Gasteiger partial charge in [-0.2, -0.15) is 0 Å². The zero-order valence-corrected chi connectivity index (χ0v) is 13.8. The molecule has 0 aromatic heterocycles. The summed E-state index contributed by atoms with van der Waals surface area (Å²) in [7, 11) is 0. The summed E-state index contributed by atoms with van der Waals surface area (Å²) in [5.74, 6) is 1.64. The number of nitrogens with one attached hydrogen (secondary N) is 1. The number of halogens is 1. The first kappa shape index (κ1) is 15.9. The number of hydrogen-bond acceptors (Lipinski definition) is 1. The van der Waals surface area contributed by atoms with E-state index in [4.69, 9.17) is 11.6 Å². The molecule has 1 aromatic rings. The Hall–Kier alpha value is -0.530. The Morgan fingerprint density at radius 2 is 2.00 bits per heavy atom. The molecule has 3 atom stereocenters. The van der Waals surface area contributed by atoms with E-state index in [1.165, 1.54) is 43.2 Å². The van der Waals surface area contributed by atoms with Gasteiger partial charge in [0, 0.05) is 11.1 Å². The van der Waals surface area contributed by atoms with Crippen molar-refractivity contribution in [1.82, 2.24) is 5.32 Å². The second-order valence-corrected chi connectivity index (χ2v) is 6.59. The van der Waals surface area contributed by atoms with Crippen molar-refractivity contribution in [3.63, 3.8) is 0 Å². The maximum absolute atomic E-state index is 6.12. The van der Waals surface area contributed by atoms with Crippen LogP contribution in [0.3, 0.4) is 0 Å². The zero-order valence-electron chi connectivity index (χ0n) is 13.1. The average molecular weight is 294 g/mol. The molecule has 0 radical (unpaired) electrons. The van der Waals surface area contributed by atoms with Gasteiger partial charge in [-0.05, 0) is 55.0 Å². The van der Waals surface area contributed by atoms with Crippen molar-refractivity contribution in [1.29, 1.82) is 0 Å². The molecule has 0 heterocycles. The third-order valence-corrected chi connectivity index (χ3v) is 5.15. The summed E-state index contributed by atoms with van der Waals surface area (Å²) >= 11 is 6.12. The maximum Gasteiger partial charge on any atom is 0.0408 e. The van der Waals surface area contributed by atoms with Crippen molar-refractivity contribution in [2.75, 3.05) is 6.54 Å². The predicted octanol–water partition coefficient (Wildman–Crippen LogP) is 5.52. The van der Waals surface area contributed by atoms with E-state index in [-0.39, 0.29) is 0 Å². The highest BCUT2D eigenvalue weighted by Gasteiger charge is 2.31. The molecule has 1 fully saturated rings. The van der Waals surface area contributed by atoms with Crippen LogP contribution in [0.25, 0.3) is 0 Å². The van der Waals surface area contributed by atoms with E-state index >= 15 is 0 Å². The van der Waals surface area contributed by atoms with Gasteiger partial charge in [-0.25, -0.2) is 0 Å². The quantitative estimate of drug-likeness (QED) is 0.754. The standard InChI is InChI=1S/C18H28ClN/c1-4-14-8-6-7-9-17(14)18(20-5-2)16-11-10-15(19)12-13(16)3/h10-12,14,17-18,20H,4-9H2,1-3H3. The second kappa shape index (κ2) is 7.47. The largest absolute Gasteiger partial charge is 0.310 e. The van der Waals surface area contributed by atoms with Crippen LogP contribution in [-0.2, 0) is 0 Å². The number of rotatable bonds is 5. The van der Waals surface area contributed by atoms with Gasteiger partial charge >= 0.3 is 0 Å². The van der Waals surface area contributed by atoms with Gasteiger partial charge in [0.25, 0.3) is 0 Å². The van der Waals surface area contributed by atoms with Crippen LogP contribution in [0, 0.1) is 18.8 Å². The SMILES string of the molecule is CCNC(c1ccc(Cl)cc1C)C1CCCCC1CC. The molecule has 1 saturated carbocycles. The fraction of sp³-hybridized carbons (Fsp3) is 0.667. The molecule has 1 nitrogen and oxygen atoms in total. The first-order chi connectivity index (χ1) is 9.67. The van der Waals surface area contributed by atoms with Gasteiger partial charge < -0.3 is 5.32 Å². The van der Waals surface area contributed by atoms with Crippen molar-refractivity contribution in [2.24, 2.45) is 11.8 Å². The molecule has 1 aliphatic rings. The summed E-state index contributed by atoms with van der Waals surface area (Å²) in [6.45, 7) is 7.78. The van der Waals surface area contributed by atoms with Crippen molar-refractivity contribution >= 4 is 11.6 Å². The highest BCUT2D eigenvalue weighted by molar-refractivity contribution is 6.30. The van der Waals surface area contributed by atoms with Gasteiger partial charge in [-0.15, -0.1) is 0 Å². The van der Waals surface area contributed by atoms with Crippen molar-refractivity contribution in [3.05, 3.63) is 34.3 Å². The topological polar surface area (TPSA) is 12.0 Å². The van der Waals surface area contributed by atoms with Crippen LogP contribution in [0.2, 0.25) is 5.02 Å². The Kier molecular flexibility index (Phi) is 5.92. The van der Waals surface area contributed by atoms with Crippen LogP contribution in [0.4, 0.5) is 0 Å². The summed E-state index contributed by atoms with van der Waals surface area (Å²) < 4.78 is 0. The molecule has 112 valence electrons. The number of benzene rings is 1. The van der Waals surface area contributed by atoms with Crippen molar-refractivity contribution in [2.45, 2.75) is 58.9 Å². The van der Waals surface area contributed by atoms with E-state index < -0.39 is 0 Å². The number of hydrogen-bond donors (Lipinski definition) is 1. The highest BCUT2D eigenvalue weighted by atomic mass is 35.5. The lowest BCUT2D eigenvalue weighted by Gasteiger charge is -2.38. The third-order valence-electron chi connectivity index (χ3n) is 4.91. The summed E-state index contributed by atoms with van der Waals surface area (Å²) in [5.41, 5.74) is 2.77. The van der Waals surface area contributed by atoms with E-state index in [0.717, 1.165) is 23.4 Å². The summed E-state index contributed by atoms with van der Waals surface area (Å²) in [6.07, 6.45) is 6.86. The molecular formula is C18H28ClN. The average Bonchev–Trinajstić information content (AvgIpc) is 2.45. The van der Waals surface area contributed by atoms with Crippen molar-refractivity contribution in [3.8, 4) is 0 Å². The molecular weight excluding hydrogens is 266 g/mol. The molecule has 2 heteroatoms. The Morgan fingerprint density at radius 1 is 1.25 bits per heavy atom. The van der Waals surface area contributed by atoms with Crippen LogP contribution < -0.4 is 5.32 Å². The van der Waals surface area contributed by atoms with E-state index in [1.54, 1.807) is 0 Å². The smallest absolute Gasteiger partial charge is 0.0408 e. The molecule has 0 bridgehead atoms. The van der Waals surface area contributed by atoms with E-state index in [1.807, 2.05) is 6.07 Å². The summed E-state index contributed by atoms with van der Waals surface area (Å²) in [4.78, 5) is 0. The minimum atomic E-state index is 0.488. The Bertz CT molecular complexity index is 429. The lowest BCUT2D eigenvalue weighted by Crippen LogP contribution is -2.34. The molecule has 0 aliphatic heterocycles. The fourth-order valence-corrected chi connectivity index (χ4v) is 4.11. The predicted molar refractivity (Wildman–Crippen MR) is 88.3 cm³/mol. The van der Waals surface area contributed by atoms with Gasteiger partial charge in [0.1, 0.15) is 0 Å². The number of aryl methyl sites for hydroxylation is 1. The van der Waals surface area contributed by atoms with Gasteiger partial charge in [0.15, 0.2) is 0 Å². The van der Waals surface area contributed by atoms with E-state index in [0.29, 0.717) is 6.04 Å². The van der Waals surface area contributed by atoms with Crippen molar-refractivity contribution < 1.29 is 0 Å². The summed E-state index contributed by atoms with van der Waals surface area (Å²) in [6, 6.07) is 6.86. The zero-order chi connectivity index (χ0) is 14.5. The Balaban J connectivity index is 2.29. The van der Waals surface area contributed by atoms with Gasteiger partial charge in [0.05, 0.1) is 0 Å². The van der Waals surface area contributed by atoms with E-state index in [9.17, 15) is 0 Å². The third kappa shape index (κ3) is 3.56. The van der Waals surface area contributed by atoms with Crippen LogP contribution in [-0.4, -0.2) is 6.54 Å². The first-order valence-corrected chi connectivity index (χ1v) is 8.54. The lowest BCUT2D eigenvalue weighted by atomic mass is 9.72. The molecule has 1 aliphatic carbocycles. The highest BCUT2D eigenvalue weighted by Crippen LogP contribution is 2.41. The first-order valence-electron chi connectivity index (χ1n) is 8.16. The van der Waals surface area contributed by atoms with Crippen LogP contribution >= 0.6 is 11.6 Å². The maximum atomic E-state index is 6.12. The molecule has 2 rings (SSSR count). The van der Waals surface area contributed by atoms with Crippen LogP contribution in [0.15, 0.2) is 18.2 Å². The molecule has 1 N–H and O–H groups in total.